The molecular weight excluding hydrogens is 330 g/mol. The quantitative estimate of drug-likeness (QED) is 0.834. The first-order valence-corrected chi connectivity index (χ1v) is 7.85. The fourth-order valence-electron chi connectivity index (χ4n) is 2.08. The predicted molar refractivity (Wildman–Crippen MR) is 89.2 cm³/mol. The minimum absolute atomic E-state index is 0.266. The molecule has 2 rings (SSSR count). The van der Waals surface area contributed by atoms with Crippen molar-refractivity contribution in [1.82, 2.24) is 9.97 Å². The maximum absolute atomic E-state index is 6.05. The van der Waals surface area contributed by atoms with E-state index in [-0.39, 0.29) is 5.92 Å². The zero-order chi connectivity index (χ0) is 15.4. The van der Waals surface area contributed by atoms with E-state index in [0.717, 1.165) is 33.7 Å². The number of rotatable bonds is 5. The Bertz CT molecular complexity index is 629. The fraction of sp³-hybridized carbons (Fsp3) is 0.375. The molecule has 0 atom stereocenters. The lowest BCUT2D eigenvalue weighted by atomic mass is 10.1. The number of nitrogens with zero attached hydrogens (tertiary/aromatic N) is 2. The Hall–Kier alpha value is -1.62. The van der Waals surface area contributed by atoms with E-state index in [1.54, 1.807) is 0 Å². The van der Waals surface area contributed by atoms with Crippen molar-refractivity contribution in [3.63, 3.8) is 0 Å². The summed E-state index contributed by atoms with van der Waals surface area (Å²) < 4.78 is 7.03. The van der Waals surface area contributed by atoms with Gasteiger partial charge in [0.2, 0.25) is 5.88 Å². The third-order valence-corrected chi connectivity index (χ3v) is 3.62. The molecule has 1 aromatic heterocycles. The summed E-state index contributed by atoms with van der Waals surface area (Å²) in [6.07, 6.45) is 1.53. The third kappa shape index (κ3) is 3.73. The average Bonchev–Trinajstić information content (AvgIpc) is 2.43. The Morgan fingerprint density at radius 3 is 2.71 bits per heavy atom. The van der Waals surface area contributed by atoms with E-state index in [2.05, 4.69) is 45.1 Å². The summed E-state index contributed by atoms with van der Waals surface area (Å²) in [5.74, 6) is 2.51. The highest BCUT2D eigenvalue weighted by Crippen LogP contribution is 2.34. The zero-order valence-corrected chi connectivity index (χ0v) is 14.4. The molecule has 0 spiro atoms. The first-order chi connectivity index (χ1) is 10.0. The molecule has 2 aromatic rings. The van der Waals surface area contributed by atoms with Crippen LogP contribution in [-0.4, -0.2) is 16.5 Å². The molecular formula is C16H20BrN3O. The number of hydrogen-bond donors (Lipinski definition) is 1. The Balaban J connectivity index is 2.43. The van der Waals surface area contributed by atoms with Crippen LogP contribution in [0.2, 0.25) is 0 Å². The SMILES string of the molecule is CCNc1ncnc(Oc2cc(Br)ccc2C)c1C(C)C. The van der Waals surface area contributed by atoms with Crippen molar-refractivity contribution in [1.29, 1.82) is 0 Å². The van der Waals surface area contributed by atoms with Crippen molar-refractivity contribution in [2.24, 2.45) is 0 Å². The smallest absolute Gasteiger partial charge is 0.227 e. The van der Waals surface area contributed by atoms with Crippen molar-refractivity contribution in [3.05, 3.63) is 40.1 Å². The van der Waals surface area contributed by atoms with E-state index in [4.69, 9.17) is 4.74 Å². The first-order valence-electron chi connectivity index (χ1n) is 7.05. The highest BCUT2D eigenvalue weighted by molar-refractivity contribution is 9.10. The molecule has 1 aromatic carbocycles. The number of hydrogen-bond acceptors (Lipinski definition) is 4. The molecule has 4 nitrogen and oxygen atoms in total. The summed E-state index contributed by atoms with van der Waals surface area (Å²) in [6, 6.07) is 5.96. The Morgan fingerprint density at radius 1 is 1.29 bits per heavy atom. The van der Waals surface area contributed by atoms with E-state index in [1.807, 2.05) is 32.0 Å². The summed E-state index contributed by atoms with van der Waals surface area (Å²) in [5, 5.41) is 3.27. The largest absolute Gasteiger partial charge is 0.438 e. The molecule has 112 valence electrons. The van der Waals surface area contributed by atoms with Crippen LogP contribution in [0.4, 0.5) is 5.82 Å². The highest BCUT2D eigenvalue weighted by Gasteiger charge is 2.17. The fourth-order valence-corrected chi connectivity index (χ4v) is 2.42. The van der Waals surface area contributed by atoms with Crippen molar-refractivity contribution in [2.75, 3.05) is 11.9 Å². The van der Waals surface area contributed by atoms with E-state index in [0.29, 0.717) is 5.88 Å². The molecule has 5 heteroatoms. The molecule has 0 aliphatic heterocycles. The van der Waals surface area contributed by atoms with Crippen molar-refractivity contribution >= 4 is 21.7 Å². The molecule has 0 saturated carbocycles. The lowest BCUT2D eigenvalue weighted by Crippen LogP contribution is -2.07. The summed E-state index contributed by atoms with van der Waals surface area (Å²) >= 11 is 3.47. The highest BCUT2D eigenvalue weighted by atomic mass is 79.9. The molecule has 0 aliphatic rings. The normalized spacial score (nSPS) is 10.8. The standard InChI is InChI=1S/C16H20BrN3O/c1-5-18-15-14(10(2)3)16(20-9-19-15)21-13-8-12(17)7-6-11(13)4/h6-10H,5H2,1-4H3,(H,18,19,20). The number of anilines is 1. The lowest BCUT2D eigenvalue weighted by molar-refractivity contribution is 0.448. The van der Waals surface area contributed by atoms with Gasteiger partial charge in [-0.15, -0.1) is 0 Å². The Labute approximate surface area is 134 Å². The maximum atomic E-state index is 6.05. The van der Waals surface area contributed by atoms with E-state index in [1.165, 1.54) is 6.33 Å². The van der Waals surface area contributed by atoms with Crippen LogP contribution in [0.5, 0.6) is 11.6 Å². The van der Waals surface area contributed by atoms with Crippen LogP contribution in [0.1, 0.15) is 37.8 Å². The average molecular weight is 350 g/mol. The van der Waals surface area contributed by atoms with Crippen molar-refractivity contribution < 1.29 is 4.74 Å². The van der Waals surface area contributed by atoms with Crippen LogP contribution >= 0.6 is 15.9 Å². The van der Waals surface area contributed by atoms with Crippen LogP contribution in [0.25, 0.3) is 0 Å². The number of ether oxygens (including phenoxy) is 1. The molecule has 0 fully saturated rings. The summed E-state index contributed by atoms with van der Waals surface area (Å²) in [4.78, 5) is 8.64. The van der Waals surface area contributed by atoms with Gasteiger partial charge in [0.25, 0.3) is 0 Å². The molecule has 1 heterocycles. The van der Waals surface area contributed by atoms with Crippen molar-refractivity contribution in [2.45, 2.75) is 33.6 Å². The van der Waals surface area contributed by atoms with Gasteiger partial charge in [0, 0.05) is 11.0 Å². The van der Waals surface area contributed by atoms with Gasteiger partial charge < -0.3 is 10.1 Å². The Kier molecular flexibility index (Phi) is 5.17. The summed E-state index contributed by atoms with van der Waals surface area (Å²) in [6.45, 7) is 9.10. The van der Waals surface area contributed by atoms with Gasteiger partial charge in [-0.05, 0) is 37.5 Å². The first kappa shape index (κ1) is 15.8. The van der Waals surface area contributed by atoms with Crippen LogP contribution in [0.15, 0.2) is 29.0 Å². The van der Waals surface area contributed by atoms with Gasteiger partial charge in [0.15, 0.2) is 0 Å². The van der Waals surface area contributed by atoms with Crippen LogP contribution < -0.4 is 10.1 Å². The van der Waals surface area contributed by atoms with Crippen LogP contribution in [0, 0.1) is 6.92 Å². The van der Waals surface area contributed by atoms with Gasteiger partial charge >= 0.3 is 0 Å². The molecule has 0 amide bonds. The van der Waals surface area contributed by atoms with Crippen molar-refractivity contribution in [3.8, 4) is 11.6 Å². The summed E-state index contributed by atoms with van der Waals surface area (Å²) in [7, 11) is 0. The second kappa shape index (κ2) is 6.89. The predicted octanol–water partition coefficient (Wildman–Crippen LogP) is 4.90. The topological polar surface area (TPSA) is 47.0 Å². The lowest BCUT2D eigenvalue weighted by Gasteiger charge is -2.17. The van der Waals surface area contributed by atoms with Gasteiger partial charge in [0.1, 0.15) is 17.9 Å². The molecule has 0 bridgehead atoms. The molecule has 21 heavy (non-hydrogen) atoms. The second-order valence-corrected chi connectivity index (χ2v) is 6.05. The number of aromatic nitrogens is 2. The number of halogens is 1. The van der Waals surface area contributed by atoms with E-state index in [9.17, 15) is 0 Å². The van der Waals surface area contributed by atoms with E-state index < -0.39 is 0 Å². The molecule has 0 aliphatic carbocycles. The molecule has 0 unspecified atom stereocenters. The van der Waals surface area contributed by atoms with Gasteiger partial charge in [0.05, 0.1) is 5.56 Å². The number of aryl methyl sites for hydroxylation is 1. The molecule has 0 saturated heterocycles. The molecule has 0 radical (unpaired) electrons. The zero-order valence-electron chi connectivity index (χ0n) is 12.8. The van der Waals surface area contributed by atoms with Gasteiger partial charge in [-0.1, -0.05) is 35.8 Å². The number of nitrogens with one attached hydrogen (secondary N) is 1. The third-order valence-electron chi connectivity index (χ3n) is 3.13. The van der Waals surface area contributed by atoms with Gasteiger partial charge in [-0.2, -0.15) is 0 Å². The van der Waals surface area contributed by atoms with Crippen LogP contribution in [-0.2, 0) is 0 Å². The molecule has 1 N–H and O–H groups in total. The maximum Gasteiger partial charge on any atom is 0.227 e. The van der Waals surface area contributed by atoms with Gasteiger partial charge in [-0.3, -0.25) is 0 Å². The monoisotopic (exact) mass is 349 g/mol. The minimum atomic E-state index is 0.266. The summed E-state index contributed by atoms with van der Waals surface area (Å²) in [5.41, 5.74) is 2.07. The van der Waals surface area contributed by atoms with E-state index >= 15 is 0 Å². The minimum Gasteiger partial charge on any atom is -0.438 e. The number of benzene rings is 1. The second-order valence-electron chi connectivity index (χ2n) is 5.14. The van der Waals surface area contributed by atoms with Gasteiger partial charge in [-0.25, -0.2) is 9.97 Å². The Morgan fingerprint density at radius 2 is 2.05 bits per heavy atom. The van der Waals surface area contributed by atoms with Crippen LogP contribution in [0.3, 0.4) is 0 Å².